The maximum absolute atomic E-state index is 14.4. The molecule has 3 fully saturated rings. The maximum atomic E-state index is 14.4. The van der Waals surface area contributed by atoms with Gasteiger partial charge in [0.15, 0.2) is 0 Å². The molecule has 36 heavy (non-hydrogen) atoms. The normalized spacial score (nSPS) is 31.3. The summed E-state index contributed by atoms with van der Waals surface area (Å²) >= 11 is 1.68. The standard InChI is InChI=1S/C28H44N2O5S/c1-6-9-17-35-27(34)22-21-18-19(4)28(36-21)23(22)25(32)30(15-11-10-12-16-31)24(28)26(33)29(14-8-3)20(5)13-7-2/h6,8,19-24,31H,1,3,7,9-18H2,2,4-5H3/t19?,20?,21-,22+,23-,24?,28?/m0/s1. The molecule has 3 saturated heterocycles. The van der Waals surface area contributed by atoms with E-state index in [1.54, 1.807) is 28.8 Å². The second kappa shape index (κ2) is 12.6. The second-order valence-corrected chi connectivity index (χ2v) is 12.1. The van der Waals surface area contributed by atoms with Gasteiger partial charge in [0.2, 0.25) is 11.8 Å². The van der Waals surface area contributed by atoms with Gasteiger partial charge in [0, 0.05) is 31.0 Å². The fourth-order valence-electron chi connectivity index (χ4n) is 6.57. The lowest BCUT2D eigenvalue weighted by atomic mass is 9.66. The van der Waals surface area contributed by atoms with E-state index in [1.807, 2.05) is 4.90 Å². The van der Waals surface area contributed by atoms with Crippen molar-refractivity contribution in [1.82, 2.24) is 9.80 Å². The Bertz CT molecular complexity index is 835. The number of aliphatic hydroxyl groups excluding tert-OH is 1. The number of amides is 2. The molecule has 7 atom stereocenters. The van der Waals surface area contributed by atoms with Gasteiger partial charge in [-0.3, -0.25) is 14.4 Å². The lowest BCUT2D eigenvalue weighted by molar-refractivity contribution is -0.154. The van der Waals surface area contributed by atoms with E-state index in [4.69, 9.17) is 4.74 Å². The van der Waals surface area contributed by atoms with Crippen molar-refractivity contribution in [2.75, 3.05) is 26.3 Å². The van der Waals surface area contributed by atoms with E-state index < -0.39 is 22.6 Å². The van der Waals surface area contributed by atoms with Crippen LogP contribution in [0, 0.1) is 17.8 Å². The smallest absolute Gasteiger partial charge is 0.310 e. The fraction of sp³-hybridized carbons (Fsp3) is 0.750. The first-order valence-corrected chi connectivity index (χ1v) is 14.5. The molecule has 3 aliphatic rings. The van der Waals surface area contributed by atoms with Crippen LogP contribution in [0.15, 0.2) is 25.3 Å². The van der Waals surface area contributed by atoms with E-state index in [0.29, 0.717) is 32.4 Å². The highest BCUT2D eigenvalue weighted by Crippen LogP contribution is 2.68. The molecule has 8 heteroatoms. The molecule has 2 bridgehead atoms. The quantitative estimate of drug-likeness (QED) is 0.201. The molecule has 1 N–H and O–H groups in total. The minimum Gasteiger partial charge on any atom is -0.465 e. The van der Waals surface area contributed by atoms with Crippen molar-refractivity contribution in [3.05, 3.63) is 25.3 Å². The molecule has 2 amide bonds. The van der Waals surface area contributed by atoms with Crippen molar-refractivity contribution in [2.45, 2.75) is 87.8 Å². The number of carbonyl (C=O) groups is 3. The van der Waals surface area contributed by atoms with Crippen LogP contribution in [0.2, 0.25) is 0 Å². The number of hydrogen-bond acceptors (Lipinski definition) is 6. The average molecular weight is 521 g/mol. The molecule has 1 spiro atoms. The Morgan fingerprint density at radius 1 is 1.31 bits per heavy atom. The summed E-state index contributed by atoms with van der Waals surface area (Å²) in [4.78, 5) is 45.3. The number of unbranched alkanes of at least 4 members (excludes halogenated alkanes) is 2. The molecule has 0 saturated carbocycles. The number of ether oxygens (including phenoxy) is 1. The number of thioether (sulfide) groups is 1. The SMILES string of the molecule is C=CCCOC(=O)[C@@H]1[C@@H]2CC(C)C3(S2)C(C(=O)N(CC=C)C(C)CCC)N(CCCCCO)C(=O)[C@H]13. The molecule has 7 nitrogen and oxygen atoms in total. The number of nitrogens with zero attached hydrogens (tertiary/aromatic N) is 2. The van der Waals surface area contributed by atoms with E-state index in [0.717, 1.165) is 25.7 Å². The van der Waals surface area contributed by atoms with E-state index in [-0.39, 0.29) is 48.2 Å². The van der Waals surface area contributed by atoms with E-state index >= 15 is 0 Å². The van der Waals surface area contributed by atoms with E-state index in [9.17, 15) is 19.5 Å². The summed E-state index contributed by atoms with van der Waals surface area (Å²) in [5, 5.41) is 9.20. The average Bonchev–Trinajstić information content (AvgIpc) is 3.44. The van der Waals surface area contributed by atoms with Gasteiger partial charge in [0.25, 0.3) is 0 Å². The third-order valence-corrected chi connectivity index (χ3v) is 10.3. The van der Waals surface area contributed by atoms with E-state index in [1.165, 1.54) is 0 Å². The summed E-state index contributed by atoms with van der Waals surface area (Å²) in [7, 11) is 0. The largest absolute Gasteiger partial charge is 0.465 e. The van der Waals surface area contributed by atoms with Crippen molar-refractivity contribution >= 4 is 29.5 Å². The number of hydrogen-bond donors (Lipinski definition) is 1. The number of rotatable bonds is 15. The summed E-state index contributed by atoms with van der Waals surface area (Å²) in [5.41, 5.74) is 0. The van der Waals surface area contributed by atoms with Crippen molar-refractivity contribution < 1.29 is 24.2 Å². The van der Waals surface area contributed by atoms with Gasteiger partial charge >= 0.3 is 5.97 Å². The highest BCUT2D eigenvalue weighted by atomic mass is 32.2. The zero-order chi connectivity index (χ0) is 26.5. The molecule has 3 heterocycles. The number of esters is 1. The Balaban J connectivity index is 1.99. The number of carbonyl (C=O) groups excluding carboxylic acids is 3. The number of aliphatic hydroxyl groups is 1. The molecule has 202 valence electrons. The van der Waals surface area contributed by atoms with Crippen LogP contribution in [0.1, 0.15) is 65.7 Å². The molecule has 0 aromatic heterocycles. The minimum atomic E-state index is -0.636. The van der Waals surface area contributed by atoms with Crippen molar-refractivity contribution in [2.24, 2.45) is 17.8 Å². The molecule has 4 unspecified atom stereocenters. The number of likely N-dealkylation sites (tertiary alicyclic amines) is 1. The van der Waals surface area contributed by atoms with Crippen LogP contribution in [-0.4, -0.2) is 81.1 Å². The van der Waals surface area contributed by atoms with Crippen LogP contribution < -0.4 is 0 Å². The van der Waals surface area contributed by atoms with Crippen molar-refractivity contribution in [3.8, 4) is 0 Å². The minimum absolute atomic E-state index is 0.0158. The Hall–Kier alpha value is -1.80. The van der Waals surface area contributed by atoms with Crippen LogP contribution in [0.25, 0.3) is 0 Å². The first-order valence-electron chi connectivity index (χ1n) is 13.6. The van der Waals surface area contributed by atoms with Crippen molar-refractivity contribution in [1.29, 1.82) is 0 Å². The Labute approximate surface area is 220 Å². The monoisotopic (exact) mass is 520 g/mol. The van der Waals surface area contributed by atoms with Gasteiger partial charge < -0.3 is 19.6 Å². The molecule has 0 aromatic carbocycles. The lowest BCUT2D eigenvalue weighted by Crippen LogP contribution is -2.58. The highest BCUT2D eigenvalue weighted by molar-refractivity contribution is 8.02. The predicted molar refractivity (Wildman–Crippen MR) is 143 cm³/mol. The van der Waals surface area contributed by atoms with Crippen LogP contribution in [0.4, 0.5) is 0 Å². The molecule has 0 aromatic rings. The summed E-state index contributed by atoms with van der Waals surface area (Å²) < 4.78 is 4.94. The molecule has 3 rings (SSSR count). The molecular formula is C28H44N2O5S. The topological polar surface area (TPSA) is 87.2 Å². The van der Waals surface area contributed by atoms with Gasteiger partial charge in [-0.2, -0.15) is 0 Å². The Morgan fingerprint density at radius 3 is 2.69 bits per heavy atom. The zero-order valence-corrected chi connectivity index (χ0v) is 23.0. The van der Waals surface area contributed by atoms with Crippen LogP contribution in [-0.2, 0) is 19.1 Å². The predicted octanol–water partition coefficient (Wildman–Crippen LogP) is 3.81. The van der Waals surface area contributed by atoms with Crippen molar-refractivity contribution in [3.63, 3.8) is 0 Å². The van der Waals surface area contributed by atoms with E-state index in [2.05, 4.69) is 33.9 Å². The molecule has 0 radical (unpaired) electrons. The summed E-state index contributed by atoms with van der Waals surface area (Å²) in [6.07, 6.45) is 8.81. The third-order valence-electron chi connectivity index (χ3n) is 8.22. The highest BCUT2D eigenvalue weighted by Gasteiger charge is 2.76. The third kappa shape index (κ3) is 5.13. The second-order valence-electron chi connectivity index (χ2n) is 10.5. The maximum Gasteiger partial charge on any atom is 0.310 e. The van der Waals surface area contributed by atoms with Gasteiger partial charge in [-0.15, -0.1) is 24.9 Å². The summed E-state index contributed by atoms with van der Waals surface area (Å²) in [6, 6.07) is -0.583. The Kier molecular flexibility index (Phi) is 10.1. The molecular weight excluding hydrogens is 476 g/mol. The van der Waals surface area contributed by atoms with Gasteiger partial charge in [0.05, 0.1) is 23.2 Å². The Morgan fingerprint density at radius 2 is 2.06 bits per heavy atom. The van der Waals surface area contributed by atoms with Crippen LogP contribution in [0.3, 0.4) is 0 Å². The molecule has 3 aliphatic heterocycles. The molecule has 0 aliphatic carbocycles. The first kappa shape index (κ1) is 28.8. The van der Waals surface area contributed by atoms with Gasteiger partial charge in [-0.25, -0.2) is 0 Å². The van der Waals surface area contributed by atoms with Crippen LogP contribution >= 0.6 is 11.8 Å². The van der Waals surface area contributed by atoms with Gasteiger partial charge in [-0.1, -0.05) is 32.4 Å². The van der Waals surface area contributed by atoms with Crippen LogP contribution in [0.5, 0.6) is 0 Å². The fourth-order valence-corrected chi connectivity index (χ4v) is 8.98. The zero-order valence-electron chi connectivity index (χ0n) is 22.2. The summed E-state index contributed by atoms with van der Waals surface area (Å²) in [6.45, 7) is 15.1. The summed E-state index contributed by atoms with van der Waals surface area (Å²) in [5.74, 6) is -1.39. The lowest BCUT2D eigenvalue weighted by Gasteiger charge is -2.41. The van der Waals surface area contributed by atoms with Gasteiger partial charge in [-0.05, 0) is 51.4 Å². The van der Waals surface area contributed by atoms with Gasteiger partial charge in [0.1, 0.15) is 6.04 Å². The first-order chi connectivity index (χ1) is 17.3. The number of fused-ring (bicyclic) bond motifs is 1.